The van der Waals surface area contributed by atoms with Gasteiger partial charge in [-0.3, -0.25) is 4.99 Å². The minimum absolute atomic E-state index is 0.618. The first kappa shape index (κ1) is 11.8. The number of aliphatic imine (C=N–C) groups is 2. The lowest BCUT2D eigenvalue weighted by molar-refractivity contribution is 0.367. The lowest BCUT2D eigenvalue weighted by Crippen LogP contribution is -2.12. The summed E-state index contributed by atoms with van der Waals surface area (Å²) < 4.78 is 0. The van der Waals surface area contributed by atoms with Crippen LogP contribution in [-0.2, 0) is 0 Å². The Morgan fingerprint density at radius 2 is 1.88 bits per heavy atom. The van der Waals surface area contributed by atoms with E-state index in [1.54, 1.807) is 0 Å². The topological polar surface area (TPSA) is 24.7 Å². The summed E-state index contributed by atoms with van der Waals surface area (Å²) in [5.74, 6) is 2.61. The van der Waals surface area contributed by atoms with Gasteiger partial charge in [0.05, 0.1) is 0 Å². The Balaban J connectivity index is 1.94. The van der Waals surface area contributed by atoms with Gasteiger partial charge in [-0.2, -0.15) is 0 Å². The smallest absolute Gasteiger partial charge is 0.123 e. The molecule has 0 bridgehead atoms. The number of amidine groups is 1. The Morgan fingerprint density at radius 1 is 1.12 bits per heavy atom. The van der Waals surface area contributed by atoms with Crippen molar-refractivity contribution in [1.29, 1.82) is 0 Å². The minimum atomic E-state index is 0.618. The van der Waals surface area contributed by atoms with Gasteiger partial charge in [0.1, 0.15) is 5.84 Å². The third-order valence-electron chi connectivity index (χ3n) is 4.07. The molecule has 1 unspecified atom stereocenters. The fourth-order valence-corrected chi connectivity index (χ4v) is 2.70. The van der Waals surface area contributed by atoms with Crippen LogP contribution in [0.5, 0.6) is 0 Å². The van der Waals surface area contributed by atoms with E-state index in [1.807, 2.05) is 0 Å². The third-order valence-corrected chi connectivity index (χ3v) is 4.07. The van der Waals surface area contributed by atoms with Crippen molar-refractivity contribution in [2.75, 3.05) is 6.54 Å². The maximum atomic E-state index is 4.72. The second-order valence-corrected chi connectivity index (χ2v) is 5.45. The van der Waals surface area contributed by atoms with Crippen LogP contribution in [0.4, 0.5) is 0 Å². The van der Waals surface area contributed by atoms with Gasteiger partial charge < -0.3 is 0 Å². The molecular formula is C14H24N2. The summed E-state index contributed by atoms with van der Waals surface area (Å²) in [6.07, 6.45) is 9.34. The summed E-state index contributed by atoms with van der Waals surface area (Å²) >= 11 is 0. The molecule has 2 rings (SSSR count). The molecule has 2 aliphatic rings. The SMILES string of the molecule is CC1=NC(CC2CCCCC2)=NCCC1C. The molecule has 2 nitrogen and oxygen atoms in total. The van der Waals surface area contributed by atoms with E-state index in [0.29, 0.717) is 5.92 Å². The van der Waals surface area contributed by atoms with Gasteiger partial charge in [0, 0.05) is 18.7 Å². The highest BCUT2D eigenvalue weighted by Crippen LogP contribution is 2.27. The Kier molecular flexibility index (Phi) is 4.14. The standard InChI is InChI=1S/C14H24N2/c1-11-8-9-15-14(16-12(11)2)10-13-6-4-3-5-7-13/h11,13H,3-10H2,1-2H3. The predicted molar refractivity (Wildman–Crippen MR) is 70.4 cm³/mol. The van der Waals surface area contributed by atoms with Crippen molar-refractivity contribution in [3.05, 3.63) is 0 Å². The van der Waals surface area contributed by atoms with Crippen LogP contribution in [0.1, 0.15) is 58.8 Å². The summed E-state index contributed by atoms with van der Waals surface area (Å²) in [7, 11) is 0. The van der Waals surface area contributed by atoms with Crippen molar-refractivity contribution in [3.8, 4) is 0 Å². The molecule has 0 aromatic carbocycles. The van der Waals surface area contributed by atoms with E-state index in [-0.39, 0.29) is 0 Å². The molecule has 1 heterocycles. The van der Waals surface area contributed by atoms with Crippen molar-refractivity contribution in [3.63, 3.8) is 0 Å². The van der Waals surface area contributed by atoms with Gasteiger partial charge in [0.15, 0.2) is 0 Å². The van der Waals surface area contributed by atoms with Crippen molar-refractivity contribution in [2.45, 2.75) is 58.8 Å². The van der Waals surface area contributed by atoms with Gasteiger partial charge in [-0.05, 0) is 25.2 Å². The summed E-state index contributed by atoms with van der Waals surface area (Å²) in [5.41, 5.74) is 1.28. The van der Waals surface area contributed by atoms with Gasteiger partial charge in [0.25, 0.3) is 0 Å². The molecule has 0 spiro atoms. The lowest BCUT2D eigenvalue weighted by atomic mass is 9.87. The fourth-order valence-electron chi connectivity index (χ4n) is 2.70. The van der Waals surface area contributed by atoms with Crippen molar-refractivity contribution >= 4 is 11.5 Å². The first-order chi connectivity index (χ1) is 7.75. The fraction of sp³-hybridized carbons (Fsp3) is 0.857. The van der Waals surface area contributed by atoms with E-state index >= 15 is 0 Å². The zero-order chi connectivity index (χ0) is 11.4. The molecule has 0 amide bonds. The normalized spacial score (nSPS) is 28.2. The maximum Gasteiger partial charge on any atom is 0.123 e. The molecule has 90 valence electrons. The second kappa shape index (κ2) is 5.60. The van der Waals surface area contributed by atoms with E-state index < -0.39 is 0 Å². The minimum Gasteiger partial charge on any atom is -0.271 e. The van der Waals surface area contributed by atoms with E-state index in [4.69, 9.17) is 4.99 Å². The summed E-state index contributed by atoms with van der Waals surface area (Å²) in [6, 6.07) is 0. The van der Waals surface area contributed by atoms with Crippen molar-refractivity contribution in [2.24, 2.45) is 21.8 Å². The largest absolute Gasteiger partial charge is 0.271 e. The molecule has 0 N–H and O–H groups in total. The Bertz CT molecular complexity index is 285. The molecule has 1 aliphatic carbocycles. The van der Waals surface area contributed by atoms with Crippen LogP contribution < -0.4 is 0 Å². The van der Waals surface area contributed by atoms with E-state index in [9.17, 15) is 0 Å². The number of rotatable bonds is 2. The van der Waals surface area contributed by atoms with Gasteiger partial charge in [0.2, 0.25) is 0 Å². The van der Waals surface area contributed by atoms with Crippen LogP contribution in [0.25, 0.3) is 0 Å². The van der Waals surface area contributed by atoms with Gasteiger partial charge in [-0.15, -0.1) is 0 Å². The first-order valence-corrected chi connectivity index (χ1v) is 6.84. The van der Waals surface area contributed by atoms with Crippen molar-refractivity contribution < 1.29 is 0 Å². The zero-order valence-electron chi connectivity index (χ0n) is 10.7. The van der Waals surface area contributed by atoms with Crippen LogP contribution in [0.15, 0.2) is 9.98 Å². The summed E-state index contributed by atoms with van der Waals surface area (Å²) in [6.45, 7) is 5.40. The molecule has 1 saturated carbocycles. The lowest BCUT2D eigenvalue weighted by Gasteiger charge is -2.21. The average molecular weight is 220 g/mol. The highest BCUT2D eigenvalue weighted by Gasteiger charge is 2.17. The third kappa shape index (κ3) is 3.16. The Hall–Kier alpha value is -0.660. The number of nitrogens with zero attached hydrogens (tertiary/aromatic N) is 2. The van der Waals surface area contributed by atoms with Crippen LogP contribution in [0.3, 0.4) is 0 Å². The average Bonchev–Trinajstić information content (AvgIpc) is 2.43. The molecule has 0 aromatic rings. The van der Waals surface area contributed by atoms with Gasteiger partial charge in [-0.1, -0.05) is 39.0 Å². The van der Waals surface area contributed by atoms with Gasteiger partial charge >= 0.3 is 0 Å². The molecule has 1 atom stereocenters. The number of hydrogen-bond donors (Lipinski definition) is 0. The Labute approximate surface area is 99.3 Å². The van der Waals surface area contributed by atoms with Crippen LogP contribution in [-0.4, -0.2) is 18.1 Å². The van der Waals surface area contributed by atoms with Crippen LogP contribution >= 0.6 is 0 Å². The van der Waals surface area contributed by atoms with E-state index in [0.717, 1.165) is 24.7 Å². The van der Waals surface area contributed by atoms with E-state index in [1.165, 1.54) is 44.2 Å². The summed E-state index contributed by atoms with van der Waals surface area (Å²) in [5, 5.41) is 0. The molecule has 1 fully saturated rings. The molecule has 0 aromatic heterocycles. The first-order valence-electron chi connectivity index (χ1n) is 6.84. The quantitative estimate of drug-likeness (QED) is 0.675. The maximum absolute atomic E-state index is 4.72. The molecule has 16 heavy (non-hydrogen) atoms. The molecule has 0 radical (unpaired) electrons. The molecule has 2 heteroatoms. The zero-order valence-corrected chi connectivity index (χ0v) is 10.7. The Morgan fingerprint density at radius 3 is 2.62 bits per heavy atom. The van der Waals surface area contributed by atoms with Crippen LogP contribution in [0.2, 0.25) is 0 Å². The predicted octanol–water partition coefficient (Wildman–Crippen LogP) is 3.86. The van der Waals surface area contributed by atoms with Crippen LogP contribution in [0, 0.1) is 11.8 Å². The second-order valence-electron chi connectivity index (χ2n) is 5.45. The molecule has 0 saturated heterocycles. The highest BCUT2D eigenvalue weighted by molar-refractivity contribution is 5.98. The monoisotopic (exact) mass is 220 g/mol. The number of hydrogen-bond acceptors (Lipinski definition) is 2. The van der Waals surface area contributed by atoms with E-state index in [2.05, 4.69) is 18.8 Å². The highest BCUT2D eigenvalue weighted by atomic mass is 14.9. The van der Waals surface area contributed by atoms with Gasteiger partial charge in [-0.25, -0.2) is 4.99 Å². The molecule has 1 aliphatic heterocycles. The molecular weight excluding hydrogens is 196 g/mol. The van der Waals surface area contributed by atoms with Crippen molar-refractivity contribution in [1.82, 2.24) is 0 Å². The summed E-state index contributed by atoms with van der Waals surface area (Å²) in [4.78, 5) is 9.37.